The lowest BCUT2D eigenvalue weighted by Crippen LogP contribution is -2.41. The lowest BCUT2D eigenvalue weighted by Gasteiger charge is -2.31. The van der Waals surface area contributed by atoms with Crippen molar-refractivity contribution in [1.82, 2.24) is 20.0 Å². The smallest absolute Gasteiger partial charge is 0.137 e. The fourth-order valence-corrected chi connectivity index (χ4v) is 5.45. The monoisotopic (exact) mass is 588 g/mol. The molecule has 4 aromatic rings. The zero-order chi connectivity index (χ0) is 31.5. The first-order valence-electron chi connectivity index (χ1n) is 16.1. The van der Waals surface area contributed by atoms with E-state index < -0.39 is 0 Å². The Labute approximate surface area is 260 Å². The summed E-state index contributed by atoms with van der Waals surface area (Å²) >= 11 is 0. The number of benzene rings is 1. The van der Waals surface area contributed by atoms with Gasteiger partial charge in [0.05, 0.1) is 18.5 Å². The van der Waals surface area contributed by atoms with Crippen LogP contribution >= 0.6 is 0 Å². The summed E-state index contributed by atoms with van der Waals surface area (Å²) in [5, 5.41) is 8.48. The van der Waals surface area contributed by atoms with E-state index in [2.05, 4.69) is 121 Å². The number of hydrogen-bond donors (Lipinski definition) is 2. The molecule has 3 aromatic heterocycles. The van der Waals surface area contributed by atoms with Crippen molar-refractivity contribution in [3.63, 3.8) is 0 Å². The van der Waals surface area contributed by atoms with Gasteiger partial charge in [0.25, 0.3) is 0 Å². The van der Waals surface area contributed by atoms with Crippen LogP contribution in [0.4, 0.5) is 0 Å². The van der Waals surface area contributed by atoms with Gasteiger partial charge in [-0.3, -0.25) is 0 Å². The maximum absolute atomic E-state index is 6.23. The van der Waals surface area contributed by atoms with Gasteiger partial charge in [0.2, 0.25) is 0 Å². The predicted molar refractivity (Wildman–Crippen MR) is 180 cm³/mol. The van der Waals surface area contributed by atoms with Crippen molar-refractivity contribution in [2.24, 2.45) is 5.41 Å². The van der Waals surface area contributed by atoms with Crippen LogP contribution < -0.4 is 15.4 Å². The number of fused-ring (bicyclic) bond motifs is 2. The topological polar surface area (TPSA) is 63.7 Å². The first-order valence-corrected chi connectivity index (χ1v) is 16.1. The third-order valence-electron chi connectivity index (χ3n) is 8.08. The van der Waals surface area contributed by atoms with E-state index in [1.165, 1.54) is 10.9 Å². The molecule has 0 fully saturated rings. The number of furan rings is 1. The average molecular weight is 589 g/mol. The summed E-state index contributed by atoms with van der Waals surface area (Å²) in [5.41, 5.74) is 4.76. The molecule has 1 aromatic carbocycles. The van der Waals surface area contributed by atoms with E-state index in [4.69, 9.17) is 14.1 Å². The first kappa shape index (κ1) is 33.1. The quantitative estimate of drug-likeness (QED) is 0.145. The van der Waals surface area contributed by atoms with Crippen LogP contribution in [0.15, 0.2) is 53.2 Å². The largest absolute Gasteiger partial charge is 0.492 e. The van der Waals surface area contributed by atoms with Crippen molar-refractivity contribution in [3.05, 3.63) is 65.8 Å². The van der Waals surface area contributed by atoms with Gasteiger partial charge in [0, 0.05) is 41.0 Å². The summed E-state index contributed by atoms with van der Waals surface area (Å²) in [6.07, 6.45) is 9.18. The zero-order valence-electron chi connectivity index (χ0n) is 28.5. The molecule has 0 unspecified atom stereocenters. The van der Waals surface area contributed by atoms with Gasteiger partial charge in [0.1, 0.15) is 22.7 Å². The highest BCUT2D eigenvalue weighted by Crippen LogP contribution is 2.31. The second-order valence-corrected chi connectivity index (χ2v) is 15.9. The van der Waals surface area contributed by atoms with E-state index in [0.29, 0.717) is 6.61 Å². The maximum Gasteiger partial charge on any atom is 0.137 e. The minimum absolute atomic E-state index is 0.00514. The van der Waals surface area contributed by atoms with Gasteiger partial charge in [-0.05, 0) is 102 Å². The van der Waals surface area contributed by atoms with Crippen LogP contribution in [0, 0.1) is 5.41 Å². The molecule has 0 aliphatic heterocycles. The minimum atomic E-state index is -0.0475. The summed E-state index contributed by atoms with van der Waals surface area (Å²) in [4.78, 5) is 4.98. The molecule has 0 radical (unpaired) electrons. The first-order chi connectivity index (χ1) is 20.0. The van der Waals surface area contributed by atoms with Crippen LogP contribution in [-0.4, -0.2) is 40.2 Å². The third kappa shape index (κ3) is 10.1. The summed E-state index contributed by atoms with van der Waals surface area (Å²) < 4.78 is 14.4. The number of ether oxygens (including phenoxy) is 1. The highest BCUT2D eigenvalue weighted by atomic mass is 16.5. The molecule has 0 saturated carbocycles. The molecule has 2 N–H and O–H groups in total. The Morgan fingerprint density at radius 3 is 2.33 bits per heavy atom. The lowest BCUT2D eigenvalue weighted by atomic mass is 9.81. The molecule has 43 heavy (non-hydrogen) atoms. The number of aromatic nitrogens is 2. The van der Waals surface area contributed by atoms with E-state index in [1.807, 2.05) is 12.3 Å². The molecule has 0 spiro atoms. The van der Waals surface area contributed by atoms with Crippen LogP contribution in [0.5, 0.6) is 5.75 Å². The average Bonchev–Trinajstić information content (AvgIpc) is 3.49. The van der Waals surface area contributed by atoms with E-state index in [0.717, 1.165) is 73.6 Å². The fourth-order valence-electron chi connectivity index (χ4n) is 5.45. The van der Waals surface area contributed by atoms with Crippen molar-refractivity contribution >= 4 is 16.6 Å². The standard InChI is InChI=1S/C37H56N4O2/c1-34(2,3)24-27-12-13-28-23-29(43-31(28)22-27)16-20-39-37(9,10)18-17-36(7,8)32-26-41-25-30(14-15-33(41)40-32)42-21-11-19-38-35(4,5)6/h12-15,22-23,25-26,38-39H,11,16-21,24H2,1-10H3. The molecule has 0 saturated heterocycles. The summed E-state index contributed by atoms with van der Waals surface area (Å²) in [6.45, 7) is 25.1. The molecule has 6 heteroatoms. The van der Waals surface area contributed by atoms with Gasteiger partial charge < -0.3 is 24.2 Å². The number of nitrogens with zero attached hydrogens (tertiary/aromatic N) is 2. The SMILES string of the molecule is CC(C)(C)Cc1ccc2cc(CCNC(C)(C)CCC(C)(C)c3cn4cc(OCCCNC(C)(C)C)ccc4n3)oc2c1. The Kier molecular flexibility index (Phi) is 10.0. The normalized spacial score (nSPS) is 13.3. The Hall–Kier alpha value is -2.83. The molecule has 0 amide bonds. The van der Waals surface area contributed by atoms with Crippen molar-refractivity contribution in [2.75, 3.05) is 19.7 Å². The summed E-state index contributed by atoms with van der Waals surface area (Å²) in [5.74, 6) is 1.92. The Morgan fingerprint density at radius 2 is 1.60 bits per heavy atom. The Balaban J connectivity index is 1.27. The van der Waals surface area contributed by atoms with Gasteiger partial charge in [-0.2, -0.15) is 0 Å². The molecular formula is C37H56N4O2. The van der Waals surface area contributed by atoms with E-state index in [1.54, 1.807) is 0 Å². The molecule has 0 atom stereocenters. The highest BCUT2D eigenvalue weighted by molar-refractivity contribution is 5.78. The zero-order valence-corrected chi connectivity index (χ0v) is 28.5. The van der Waals surface area contributed by atoms with E-state index in [9.17, 15) is 0 Å². The third-order valence-corrected chi connectivity index (χ3v) is 8.08. The van der Waals surface area contributed by atoms with Crippen LogP contribution in [0.3, 0.4) is 0 Å². The van der Waals surface area contributed by atoms with Crippen LogP contribution in [0.2, 0.25) is 0 Å². The molecule has 0 aliphatic carbocycles. The van der Waals surface area contributed by atoms with Gasteiger partial charge in [-0.15, -0.1) is 0 Å². The number of hydrogen-bond acceptors (Lipinski definition) is 5. The predicted octanol–water partition coefficient (Wildman–Crippen LogP) is 8.49. The van der Waals surface area contributed by atoms with Crippen molar-refractivity contribution in [2.45, 2.75) is 118 Å². The Morgan fingerprint density at radius 1 is 0.837 bits per heavy atom. The van der Waals surface area contributed by atoms with Gasteiger partial charge in [-0.25, -0.2) is 4.98 Å². The minimum Gasteiger partial charge on any atom is -0.492 e. The number of nitrogens with one attached hydrogen (secondary N) is 2. The van der Waals surface area contributed by atoms with E-state index in [-0.39, 0.29) is 21.9 Å². The van der Waals surface area contributed by atoms with Gasteiger partial charge in [-0.1, -0.05) is 46.8 Å². The van der Waals surface area contributed by atoms with E-state index >= 15 is 0 Å². The molecule has 6 nitrogen and oxygen atoms in total. The molecule has 0 bridgehead atoms. The number of imidazole rings is 1. The number of rotatable bonds is 14. The highest BCUT2D eigenvalue weighted by Gasteiger charge is 2.28. The van der Waals surface area contributed by atoms with Crippen LogP contribution in [-0.2, 0) is 18.3 Å². The van der Waals surface area contributed by atoms with Crippen molar-refractivity contribution < 1.29 is 9.15 Å². The van der Waals surface area contributed by atoms with Gasteiger partial charge in [0.15, 0.2) is 0 Å². The Bertz CT molecular complexity index is 1480. The lowest BCUT2D eigenvalue weighted by molar-refractivity contribution is 0.297. The molecule has 3 heterocycles. The van der Waals surface area contributed by atoms with Crippen molar-refractivity contribution in [1.29, 1.82) is 0 Å². The molecular weight excluding hydrogens is 532 g/mol. The second kappa shape index (κ2) is 13.0. The maximum atomic E-state index is 6.23. The van der Waals surface area contributed by atoms with Crippen LogP contribution in [0.1, 0.15) is 106 Å². The molecule has 4 rings (SSSR count). The van der Waals surface area contributed by atoms with Crippen LogP contribution in [0.25, 0.3) is 16.6 Å². The van der Waals surface area contributed by atoms with Crippen molar-refractivity contribution in [3.8, 4) is 5.75 Å². The molecule has 236 valence electrons. The molecule has 0 aliphatic rings. The number of pyridine rings is 1. The fraction of sp³-hybridized carbons (Fsp3) is 0.595. The summed E-state index contributed by atoms with van der Waals surface area (Å²) in [6, 6.07) is 12.9. The summed E-state index contributed by atoms with van der Waals surface area (Å²) in [7, 11) is 0. The second-order valence-electron chi connectivity index (χ2n) is 15.9. The van der Waals surface area contributed by atoms with Gasteiger partial charge >= 0.3 is 0 Å².